The highest BCUT2D eigenvalue weighted by atomic mass is 32.2. The molecule has 3 rings (SSSR count). The molecule has 1 aliphatic carbocycles. The molecule has 5 nitrogen and oxygen atoms in total. The molecule has 0 spiro atoms. The Hall–Kier alpha value is -1.34. The zero-order chi connectivity index (χ0) is 16.4. The molecule has 0 unspecified atom stereocenters. The van der Waals surface area contributed by atoms with E-state index < -0.39 is 0 Å². The number of hydrogen-bond donors (Lipinski definition) is 1. The van der Waals surface area contributed by atoms with Gasteiger partial charge in [-0.2, -0.15) is 0 Å². The van der Waals surface area contributed by atoms with E-state index in [9.17, 15) is 9.59 Å². The highest BCUT2D eigenvalue weighted by Crippen LogP contribution is 2.34. The van der Waals surface area contributed by atoms with Crippen molar-refractivity contribution in [2.24, 2.45) is 7.05 Å². The van der Waals surface area contributed by atoms with Crippen LogP contribution < -0.4 is 10.9 Å². The SMILES string of the molecule is CCCNC(=O)CSc1nc2sc3c(c2c(=O)n1C)CCCC3. The standard InChI is InChI=1S/C16H21N3O2S2/c1-3-8-17-12(20)9-22-16-18-14-13(15(21)19(16)2)10-6-4-5-7-11(10)23-14/h3-9H2,1-2H3,(H,17,20). The van der Waals surface area contributed by atoms with E-state index in [1.807, 2.05) is 6.92 Å². The molecule has 1 N–H and O–H groups in total. The molecule has 2 aromatic rings. The molecule has 0 aliphatic heterocycles. The maximum atomic E-state index is 12.7. The molecule has 124 valence electrons. The molecule has 0 radical (unpaired) electrons. The minimum Gasteiger partial charge on any atom is -0.355 e. The lowest BCUT2D eigenvalue weighted by molar-refractivity contribution is -0.118. The Kier molecular flexibility index (Phi) is 5.06. The maximum Gasteiger partial charge on any atom is 0.262 e. The van der Waals surface area contributed by atoms with Gasteiger partial charge in [-0.3, -0.25) is 14.2 Å². The molecule has 1 amide bonds. The van der Waals surface area contributed by atoms with E-state index >= 15 is 0 Å². The summed E-state index contributed by atoms with van der Waals surface area (Å²) in [5.41, 5.74) is 1.23. The Morgan fingerprint density at radius 3 is 2.96 bits per heavy atom. The van der Waals surface area contributed by atoms with Gasteiger partial charge < -0.3 is 5.32 Å². The third-order valence-electron chi connectivity index (χ3n) is 4.06. The second kappa shape index (κ2) is 7.05. The van der Waals surface area contributed by atoms with Gasteiger partial charge in [0.05, 0.1) is 11.1 Å². The number of nitrogens with zero attached hydrogens (tertiary/aromatic N) is 2. The van der Waals surface area contributed by atoms with Crippen LogP contribution in [0.4, 0.5) is 0 Å². The van der Waals surface area contributed by atoms with Crippen LogP contribution >= 0.6 is 23.1 Å². The fraction of sp³-hybridized carbons (Fsp3) is 0.562. The number of amides is 1. The number of aromatic nitrogens is 2. The molecule has 0 saturated heterocycles. The molecular weight excluding hydrogens is 330 g/mol. The van der Waals surface area contributed by atoms with Crippen molar-refractivity contribution in [3.8, 4) is 0 Å². The van der Waals surface area contributed by atoms with Crippen molar-refractivity contribution in [3.05, 3.63) is 20.8 Å². The number of rotatable bonds is 5. The molecule has 7 heteroatoms. The lowest BCUT2D eigenvalue weighted by Gasteiger charge is -2.10. The van der Waals surface area contributed by atoms with Gasteiger partial charge in [-0.05, 0) is 37.7 Å². The van der Waals surface area contributed by atoms with Crippen LogP contribution in [0.15, 0.2) is 9.95 Å². The van der Waals surface area contributed by atoms with Crippen LogP contribution in [-0.2, 0) is 24.7 Å². The highest BCUT2D eigenvalue weighted by molar-refractivity contribution is 7.99. The van der Waals surface area contributed by atoms with E-state index in [0.29, 0.717) is 11.7 Å². The Morgan fingerprint density at radius 2 is 2.17 bits per heavy atom. The monoisotopic (exact) mass is 351 g/mol. The van der Waals surface area contributed by atoms with Crippen molar-refractivity contribution >= 4 is 39.2 Å². The summed E-state index contributed by atoms with van der Waals surface area (Å²) in [5.74, 6) is 0.272. The van der Waals surface area contributed by atoms with Gasteiger partial charge in [0.1, 0.15) is 4.83 Å². The van der Waals surface area contributed by atoms with Gasteiger partial charge in [-0.1, -0.05) is 18.7 Å². The third kappa shape index (κ3) is 3.30. The summed E-state index contributed by atoms with van der Waals surface area (Å²) in [6, 6.07) is 0. The minimum absolute atomic E-state index is 0.0170. The molecule has 2 heterocycles. The molecule has 0 atom stereocenters. The summed E-state index contributed by atoms with van der Waals surface area (Å²) < 4.78 is 1.59. The van der Waals surface area contributed by atoms with Gasteiger partial charge in [-0.15, -0.1) is 11.3 Å². The van der Waals surface area contributed by atoms with Gasteiger partial charge in [0.15, 0.2) is 5.16 Å². The fourth-order valence-corrected chi connectivity index (χ4v) is 4.95. The Bertz CT molecular complexity index is 795. The van der Waals surface area contributed by atoms with Gasteiger partial charge >= 0.3 is 0 Å². The minimum atomic E-state index is -0.0170. The average Bonchev–Trinajstić information content (AvgIpc) is 2.93. The fourth-order valence-electron chi connectivity index (χ4n) is 2.84. The number of carbonyl (C=O) groups excluding carboxylic acids is 1. The van der Waals surface area contributed by atoms with E-state index in [1.54, 1.807) is 23.0 Å². The van der Waals surface area contributed by atoms with Crippen LogP contribution in [0.2, 0.25) is 0 Å². The van der Waals surface area contributed by atoms with E-state index in [2.05, 4.69) is 10.3 Å². The number of thioether (sulfide) groups is 1. The first kappa shape index (κ1) is 16.5. The Balaban J connectivity index is 1.89. The quantitative estimate of drug-likeness (QED) is 0.664. The smallest absolute Gasteiger partial charge is 0.262 e. The van der Waals surface area contributed by atoms with Gasteiger partial charge in [-0.25, -0.2) is 4.98 Å². The number of hydrogen-bond acceptors (Lipinski definition) is 5. The van der Waals surface area contributed by atoms with Crippen molar-refractivity contribution in [1.82, 2.24) is 14.9 Å². The molecule has 0 fully saturated rings. The van der Waals surface area contributed by atoms with E-state index in [0.717, 1.165) is 35.9 Å². The number of fused-ring (bicyclic) bond motifs is 3. The molecule has 23 heavy (non-hydrogen) atoms. The van der Waals surface area contributed by atoms with E-state index in [4.69, 9.17) is 0 Å². The van der Waals surface area contributed by atoms with E-state index in [1.165, 1.54) is 28.6 Å². The van der Waals surface area contributed by atoms with Crippen LogP contribution in [-0.4, -0.2) is 27.8 Å². The first-order valence-corrected chi connectivity index (χ1v) is 9.82. The summed E-state index contributed by atoms with van der Waals surface area (Å²) in [6.45, 7) is 2.70. The van der Waals surface area contributed by atoms with Crippen LogP contribution in [0.3, 0.4) is 0 Å². The zero-order valence-electron chi connectivity index (χ0n) is 13.5. The Labute approximate surface area is 143 Å². The average molecular weight is 351 g/mol. The van der Waals surface area contributed by atoms with Crippen LogP contribution in [0.1, 0.15) is 36.6 Å². The zero-order valence-corrected chi connectivity index (χ0v) is 15.1. The maximum absolute atomic E-state index is 12.7. The number of thiophene rings is 1. The predicted molar refractivity (Wildman–Crippen MR) is 95.5 cm³/mol. The topological polar surface area (TPSA) is 64.0 Å². The number of carbonyl (C=O) groups is 1. The van der Waals surface area contributed by atoms with Crippen molar-refractivity contribution in [1.29, 1.82) is 0 Å². The lowest BCUT2D eigenvalue weighted by Crippen LogP contribution is -2.26. The van der Waals surface area contributed by atoms with Gasteiger partial charge in [0, 0.05) is 18.5 Å². The summed E-state index contributed by atoms with van der Waals surface area (Å²) in [4.78, 5) is 31.3. The molecular formula is C16H21N3O2S2. The van der Waals surface area contributed by atoms with Crippen LogP contribution in [0.25, 0.3) is 10.2 Å². The first-order chi connectivity index (χ1) is 11.1. The summed E-state index contributed by atoms with van der Waals surface area (Å²) >= 11 is 2.97. The predicted octanol–water partition coefficient (Wildman–Crippen LogP) is 2.49. The van der Waals surface area contributed by atoms with Crippen molar-refractivity contribution in [2.75, 3.05) is 12.3 Å². The molecule has 0 aromatic carbocycles. The lowest BCUT2D eigenvalue weighted by atomic mass is 9.97. The number of aryl methyl sites for hydroxylation is 2. The summed E-state index contributed by atoms with van der Waals surface area (Å²) in [6.07, 6.45) is 5.30. The van der Waals surface area contributed by atoms with Crippen LogP contribution in [0.5, 0.6) is 0 Å². The first-order valence-electron chi connectivity index (χ1n) is 8.02. The second-order valence-electron chi connectivity index (χ2n) is 5.79. The summed E-state index contributed by atoms with van der Waals surface area (Å²) in [7, 11) is 1.74. The van der Waals surface area contributed by atoms with Crippen molar-refractivity contribution in [2.45, 2.75) is 44.2 Å². The molecule has 0 bridgehead atoms. The molecule has 1 aliphatic rings. The molecule has 2 aromatic heterocycles. The summed E-state index contributed by atoms with van der Waals surface area (Å²) in [5, 5.41) is 4.26. The normalized spacial score (nSPS) is 14.0. The number of nitrogens with one attached hydrogen (secondary N) is 1. The second-order valence-corrected chi connectivity index (χ2v) is 7.81. The largest absolute Gasteiger partial charge is 0.355 e. The van der Waals surface area contributed by atoms with Crippen LogP contribution in [0, 0.1) is 0 Å². The van der Waals surface area contributed by atoms with Crippen molar-refractivity contribution < 1.29 is 4.79 Å². The van der Waals surface area contributed by atoms with Crippen molar-refractivity contribution in [3.63, 3.8) is 0 Å². The van der Waals surface area contributed by atoms with E-state index in [-0.39, 0.29) is 17.2 Å². The van der Waals surface area contributed by atoms with Gasteiger partial charge in [0.25, 0.3) is 5.56 Å². The van der Waals surface area contributed by atoms with Gasteiger partial charge in [0.2, 0.25) is 5.91 Å². The third-order valence-corrected chi connectivity index (χ3v) is 6.28. The molecule has 0 saturated carbocycles. The highest BCUT2D eigenvalue weighted by Gasteiger charge is 2.21. The Morgan fingerprint density at radius 1 is 1.39 bits per heavy atom.